The average molecular weight is 394 g/mol. The molecule has 0 fully saturated rings. The van der Waals surface area contributed by atoms with Crippen molar-refractivity contribution in [2.75, 3.05) is 6.61 Å². The van der Waals surface area contributed by atoms with Crippen molar-refractivity contribution >= 4 is 5.97 Å². The van der Waals surface area contributed by atoms with Gasteiger partial charge in [-0.1, -0.05) is 42.5 Å². The summed E-state index contributed by atoms with van der Waals surface area (Å²) in [5.74, 6) is -1.39. The molecule has 8 nitrogen and oxygen atoms in total. The fourth-order valence-electron chi connectivity index (χ4n) is 2.26. The number of phenols is 1. The smallest absolute Gasteiger partial charge is 0.335 e. The van der Waals surface area contributed by atoms with Gasteiger partial charge in [0, 0.05) is 0 Å². The van der Waals surface area contributed by atoms with E-state index in [0.717, 1.165) is 12.8 Å². The number of phenolic OH excluding ortho intramolecular Hbond substituents is 1. The minimum absolute atomic E-state index is 0.332. The van der Waals surface area contributed by atoms with Crippen LogP contribution in [0, 0.1) is 0 Å². The minimum Gasteiger partial charge on any atom is -0.508 e. The molecule has 0 unspecified atom stereocenters. The van der Waals surface area contributed by atoms with Crippen LogP contribution < -0.4 is 0 Å². The molecule has 7 N–H and O–H groups in total. The van der Waals surface area contributed by atoms with Crippen LogP contribution in [0.4, 0.5) is 0 Å². The summed E-state index contributed by atoms with van der Waals surface area (Å²) in [6, 6.07) is 17.8. The van der Waals surface area contributed by atoms with E-state index in [2.05, 4.69) is 24.3 Å². The predicted octanol–water partition coefficient (Wildman–Crippen LogP) is -0.316. The molecule has 2 rings (SSSR count). The highest BCUT2D eigenvalue weighted by molar-refractivity contribution is 5.72. The summed E-state index contributed by atoms with van der Waals surface area (Å²) in [7, 11) is 0. The van der Waals surface area contributed by atoms with Gasteiger partial charge in [-0.05, 0) is 36.1 Å². The zero-order valence-electron chi connectivity index (χ0n) is 15.2. The van der Waals surface area contributed by atoms with Crippen molar-refractivity contribution < 1.29 is 40.5 Å². The zero-order valence-corrected chi connectivity index (χ0v) is 15.2. The van der Waals surface area contributed by atoms with Gasteiger partial charge in [0.05, 0.1) is 6.61 Å². The Bertz CT molecular complexity index is 689. The van der Waals surface area contributed by atoms with Crippen molar-refractivity contribution in [1.82, 2.24) is 0 Å². The number of aromatic hydroxyl groups is 1. The Balaban J connectivity index is 0.000000284. The van der Waals surface area contributed by atoms with Crippen molar-refractivity contribution in [2.24, 2.45) is 0 Å². The number of aryl methyl sites for hydroxylation is 2. The van der Waals surface area contributed by atoms with Crippen LogP contribution in [0.5, 0.6) is 5.75 Å². The summed E-state index contributed by atoms with van der Waals surface area (Å²) in [4.78, 5) is 10.1. The Labute approximate surface area is 162 Å². The quantitative estimate of drug-likeness (QED) is 0.321. The molecule has 28 heavy (non-hydrogen) atoms. The highest BCUT2D eigenvalue weighted by Crippen LogP contribution is 2.12. The summed E-state index contributed by atoms with van der Waals surface area (Å²) < 4.78 is 0. The first-order chi connectivity index (χ1) is 13.3. The highest BCUT2D eigenvalue weighted by Gasteiger charge is 2.33. The van der Waals surface area contributed by atoms with E-state index in [1.807, 2.05) is 18.2 Å². The molecule has 4 atom stereocenters. The molecular formula is C20H26O8. The Hall–Kier alpha value is -2.49. The van der Waals surface area contributed by atoms with Crippen LogP contribution in [0.15, 0.2) is 54.6 Å². The van der Waals surface area contributed by atoms with Gasteiger partial charge in [-0.2, -0.15) is 0 Å². The van der Waals surface area contributed by atoms with Crippen molar-refractivity contribution in [3.63, 3.8) is 0 Å². The number of benzene rings is 2. The summed E-state index contributed by atoms with van der Waals surface area (Å²) in [6.07, 6.45) is -5.77. The fraction of sp³-hybridized carbons (Fsp3) is 0.350. The number of hydrogen-bond donors (Lipinski definition) is 7. The van der Waals surface area contributed by atoms with Crippen LogP contribution in [0.2, 0.25) is 0 Å². The van der Waals surface area contributed by atoms with Gasteiger partial charge in [0.2, 0.25) is 0 Å². The maximum atomic E-state index is 10.1. The van der Waals surface area contributed by atoms with Crippen LogP contribution in [-0.2, 0) is 17.6 Å². The predicted molar refractivity (Wildman–Crippen MR) is 101 cm³/mol. The second kappa shape index (κ2) is 12.1. The SMILES string of the molecule is O=C(O)[C@H](O)[C@@H](O)[C@H](O)[C@H](O)CO.Oc1ccc(CCc2ccccc2)cc1. The van der Waals surface area contributed by atoms with Crippen LogP contribution in [-0.4, -0.2) is 72.7 Å². The third kappa shape index (κ3) is 8.03. The number of aliphatic hydroxyl groups excluding tert-OH is 5. The van der Waals surface area contributed by atoms with E-state index in [4.69, 9.17) is 35.7 Å². The van der Waals surface area contributed by atoms with Gasteiger partial charge < -0.3 is 35.7 Å². The van der Waals surface area contributed by atoms with Crippen LogP contribution in [0.25, 0.3) is 0 Å². The molecule has 0 saturated heterocycles. The largest absolute Gasteiger partial charge is 0.508 e. The number of hydrogen-bond acceptors (Lipinski definition) is 7. The molecular weight excluding hydrogens is 368 g/mol. The number of aliphatic hydroxyl groups is 5. The van der Waals surface area contributed by atoms with Gasteiger partial charge in [-0.3, -0.25) is 0 Å². The van der Waals surface area contributed by atoms with Gasteiger partial charge in [0.1, 0.15) is 24.1 Å². The molecule has 0 heterocycles. The molecule has 0 aliphatic carbocycles. The molecule has 0 radical (unpaired) electrons. The lowest BCUT2D eigenvalue weighted by Gasteiger charge is -2.23. The van der Waals surface area contributed by atoms with Crippen molar-refractivity contribution in [3.8, 4) is 5.75 Å². The van der Waals surface area contributed by atoms with Crippen molar-refractivity contribution in [2.45, 2.75) is 37.3 Å². The third-order valence-electron chi connectivity index (χ3n) is 3.99. The molecule has 0 bridgehead atoms. The lowest BCUT2D eigenvalue weighted by Crippen LogP contribution is -2.48. The van der Waals surface area contributed by atoms with E-state index in [-0.39, 0.29) is 0 Å². The third-order valence-corrected chi connectivity index (χ3v) is 3.99. The van der Waals surface area contributed by atoms with E-state index in [1.54, 1.807) is 12.1 Å². The lowest BCUT2D eigenvalue weighted by atomic mass is 10.0. The molecule has 2 aromatic carbocycles. The summed E-state index contributed by atoms with van der Waals surface area (Å²) in [5, 5.41) is 61.0. The number of carbonyl (C=O) groups is 1. The average Bonchev–Trinajstić information content (AvgIpc) is 2.72. The summed E-state index contributed by atoms with van der Waals surface area (Å²) in [6.45, 7) is -0.843. The molecule has 0 aliphatic rings. The van der Waals surface area contributed by atoms with E-state index >= 15 is 0 Å². The number of aliphatic carboxylic acids is 1. The Morgan fingerprint density at radius 1 is 0.786 bits per heavy atom. The number of carboxylic acids is 1. The maximum absolute atomic E-state index is 10.1. The minimum atomic E-state index is -2.20. The van der Waals surface area contributed by atoms with Gasteiger partial charge in [-0.15, -0.1) is 0 Å². The van der Waals surface area contributed by atoms with Gasteiger partial charge >= 0.3 is 5.97 Å². The molecule has 8 heteroatoms. The highest BCUT2D eigenvalue weighted by atomic mass is 16.4. The first-order valence-electron chi connectivity index (χ1n) is 8.64. The Morgan fingerprint density at radius 2 is 1.29 bits per heavy atom. The first-order valence-corrected chi connectivity index (χ1v) is 8.64. The van der Waals surface area contributed by atoms with Gasteiger partial charge in [0.15, 0.2) is 6.10 Å². The molecule has 0 aliphatic heterocycles. The standard InChI is InChI=1S/C14H14O.C6H12O7/c15-14-10-8-13(9-11-14)7-6-12-4-2-1-3-5-12;7-1-2(8)3(9)4(10)5(11)6(12)13/h1-5,8-11,15H,6-7H2;2-5,7-11H,1H2,(H,12,13)/t;2-,3-,4+,5-/m.1/s1. The van der Waals surface area contributed by atoms with Gasteiger partial charge in [0.25, 0.3) is 0 Å². The first kappa shape index (κ1) is 23.5. The molecule has 2 aromatic rings. The van der Waals surface area contributed by atoms with Crippen LogP contribution in [0.1, 0.15) is 11.1 Å². The second-order valence-electron chi connectivity index (χ2n) is 6.17. The summed E-state index contributed by atoms with van der Waals surface area (Å²) >= 11 is 0. The van der Waals surface area contributed by atoms with Gasteiger partial charge in [-0.25, -0.2) is 4.79 Å². The van der Waals surface area contributed by atoms with Crippen molar-refractivity contribution in [1.29, 1.82) is 0 Å². The van der Waals surface area contributed by atoms with E-state index in [9.17, 15) is 4.79 Å². The Kier molecular flexibility index (Phi) is 10.1. The molecule has 154 valence electrons. The molecule has 0 aromatic heterocycles. The van der Waals surface area contributed by atoms with Crippen LogP contribution in [0.3, 0.4) is 0 Å². The zero-order chi connectivity index (χ0) is 21.1. The number of rotatable bonds is 8. The van der Waals surface area contributed by atoms with Crippen LogP contribution >= 0.6 is 0 Å². The molecule has 0 saturated carbocycles. The lowest BCUT2D eigenvalue weighted by molar-refractivity contribution is -0.164. The Morgan fingerprint density at radius 3 is 1.75 bits per heavy atom. The normalized spacial score (nSPS) is 14.9. The fourth-order valence-corrected chi connectivity index (χ4v) is 2.26. The number of carboxylic acid groups (broad SMARTS) is 1. The molecule has 0 amide bonds. The van der Waals surface area contributed by atoms with Crippen molar-refractivity contribution in [3.05, 3.63) is 65.7 Å². The second-order valence-corrected chi connectivity index (χ2v) is 6.17. The maximum Gasteiger partial charge on any atom is 0.335 e. The van der Waals surface area contributed by atoms with E-state index < -0.39 is 37.0 Å². The summed E-state index contributed by atoms with van der Waals surface area (Å²) in [5.41, 5.74) is 2.61. The topological polar surface area (TPSA) is 159 Å². The van der Waals surface area contributed by atoms with E-state index in [0.29, 0.717) is 5.75 Å². The molecule has 0 spiro atoms. The van der Waals surface area contributed by atoms with E-state index in [1.165, 1.54) is 11.1 Å². The monoisotopic (exact) mass is 394 g/mol.